The molecular formula is C24H30N2O2S. The fourth-order valence-corrected chi connectivity index (χ4v) is 5.46. The molecule has 2 aromatic rings. The van der Waals surface area contributed by atoms with Crippen LogP contribution in [-0.2, 0) is 16.0 Å². The Morgan fingerprint density at radius 3 is 2.48 bits per heavy atom. The molecule has 4 rings (SSSR count). The lowest BCUT2D eigenvalue weighted by atomic mass is 9.73. The molecule has 5 heteroatoms. The van der Waals surface area contributed by atoms with Crippen molar-refractivity contribution in [3.05, 3.63) is 47.3 Å². The van der Waals surface area contributed by atoms with Crippen LogP contribution in [-0.4, -0.2) is 48.8 Å². The molecule has 1 aromatic carbocycles. The number of benzene rings is 1. The molecule has 2 fully saturated rings. The molecule has 0 spiro atoms. The Labute approximate surface area is 177 Å². The lowest BCUT2D eigenvalue weighted by Crippen LogP contribution is -2.55. The van der Waals surface area contributed by atoms with Crippen LogP contribution in [0.2, 0.25) is 0 Å². The average Bonchev–Trinajstić information content (AvgIpc) is 3.21. The van der Waals surface area contributed by atoms with Crippen LogP contribution in [0, 0.1) is 11.3 Å². The number of piperidine rings is 1. The van der Waals surface area contributed by atoms with Gasteiger partial charge in [0.15, 0.2) is 0 Å². The summed E-state index contributed by atoms with van der Waals surface area (Å²) in [7, 11) is 3.66. The fourth-order valence-electron chi connectivity index (χ4n) is 4.72. The minimum Gasteiger partial charge on any atom is -0.348 e. The van der Waals surface area contributed by atoms with E-state index in [1.807, 2.05) is 19.0 Å². The summed E-state index contributed by atoms with van der Waals surface area (Å²) in [5.41, 5.74) is 1.85. The van der Waals surface area contributed by atoms with Gasteiger partial charge in [-0.1, -0.05) is 36.8 Å². The van der Waals surface area contributed by atoms with Crippen LogP contribution in [0.15, 0.2) is 41.8 Å². The summed E-state index contributed by atoms with van der Waals surface area (Å²) in [5, 5.41) is 2.09. The van der Waals surface area contributed by atoms with Gasteiger partial charge in [0.1, 0.15) is 0 Å². The van der Waals surface area contributed by atoms with E-state index < -0.39 is 5.41 Å². The fraction of sp³-hybridized carbons (Fsp3) is 0.500. The van der Waals surface area contributed by atoms with Gasteiger partial charge in [0.2, 0.25) is 11.8 Å². The van der Waals surface area contributed by atoms with E-state index in [2.05, 4.69) is 41.8 Å². The molecule has 0 bridgehead atoms. The molecule has 2 aliphatic rings. The van der Waals surface area contributed by atoms with Gasteiger partial charge < -0.3 is 9.80 Å². The third-order valence-corrected chi connectivity index (χ3v) is 7.42. The maximum absolute atomic E-state index is 13.3. The van der Waals surface area contributed by atoms with Crippen molar-refractivity contribution in [1.82, 2.24) is 9.80 Å². The van der Waals surface area contributed by atoms with E-state index in [0.717, 1.165) is 38.6 Å². The highest BCUT2D eigenvalue weighted by Gasteiger charge is 2.45. The summed E-state index contributed by atoms with van der Waals surface area (Å²) in [6.07, 6.45) is 5.59. The van der Waals surface area contributed by atoms with Crippen molar-refractivity contribution in [2.45, 2.75) is 38.5 Å². The van der Waals surface area contributed by atoms with E-state index in [1.54, 1.807) is 16.2 Å². The second-order valence-electron chi connectivity index (χ2n) is 8.82. The number of rotatable bonds is 5. The van der Waals surface area contributed by atoms with Crippen molar-refractivity contribution in [3.8, 4) is 10.4 Å². The van der Waals surface area contributed by atoms with Crippen molar-refractivity contribution < 1.29 is 9.59 Å². The van der Waals surface area contributed by atoms with Gasteiger partial charge in [-0.15, -0.1) is 11.3 Å². The molecule has 1 atom stereocenters. The Kier molecular flexibility index (Phi) is 5.77. The number of carbonyl (C=O) groups excluding carboxylic acids is 2. The molecule has 1 unspecified atom stereocenters. The minimum absolute atomic E-state index is 0.144. The molecule has 0 radical (unpaired) electrons. The van der Waals surface area contributed by atoms with Gasteiger partial charge in [-0.05, 0) is 54.7 Å². The number of nitrogens with zero attached hydrogens (tertiary/aromatic N) is 2. The van der Waals surface area contributed by atoms with Gasteiger partial charge in [-0.25, -0.2) is 0 Å². The van der Waals surface area contributed by atoms with E-state index in [0.29, 0.717) is 13.0 Å². The van der Waals surface area contributed by atoms with E-state index in [4.69, 9.17) is 0 Å². The first kappa shape index (κ1) is 20.1. The maximum Gasteiger partial charge on any atom is 0.230 e. The van der Waals surface area contributed by atoms with Gasteiger partial charge in [0.25, 0.3) is 0 Å². The lowest BCUT2D eigenvalue weighted by molar-refractivity contribution is -0.150. The summed E-state index contributed by atoms with van der Waals surface area (Å²) in [4.78, 5) is 31.1. The predicted molar refractivity (Wildman–Crippen MR) is 118 cm³/mol. The molecule has 0 N–H and O–H groups in total. The average molecular weight is 411 g/mol. The Morgan fingerprint density at radius 2 is 1.90 bits per heavy atom. The molecule has 154 valence electrons. The zero-order chi connectivity index (χ0) is 20.4. The van der Waals surface area contributed by atoms with Crippen molar-refractivity contribution >= 4 is 23.2 Å². The number of thiophene rings is 1. The van der Waals surface area contributed by atoms with Crippen molar-refractivity contribution in [1.29, 1.82) is 0 Å². The standard InChI is InChI=1S/C24H30N2O2S/c1-25(2)23(28)24(13-5-14-26(17-24)22(27)20-6-3-7-20)16-18-9-11-19(12-10-18)21-8-4-15-29-21/h4,8-12,15,20H,3,5-7,13-14,16-17H2,1-2H3. The van der Waals surface area contributed by atoms with Gasteiger partial charge in [0, 0.05) is 38.0 Å². The Hall–Kier alpha value is -2.14. The highest BCUT2D eigenvalue weighted by molar-refractivity contribution is 7.13. The van der Waals surface area contributed by atoms with Crippen LogP contribution in [0.1, 0.15) is 37.7 Å². The summed E-state index contributed by atoms with van der Waals surface area (Å²) < 4.78 is 0. The summed E-state index contributed by atoms with van der Waals surface area (Å²) in [5.74, 6) is 0.594. The van der Waals surface area contributed by atoms with E-state index in [9.17, 15) is 9.59 Å². The molecule has 29 heavy (non-hydrogen) atoms. The Bertz CT molecular complexity index is 856. The predicted octanol–water partition coefficient (Wildman–Crippen LogP) is 4.45. The molecule has 1 saturated heterocycles. The quantitative estimate of drug-likeness (QED) is 0.730. The van der Waals surface area contributed by atoms with Crippen LogP contribution >= 0.6 is 11.3 Å². The zero-order valence-electron chi connectivity index (χ0n) is 17.4. The van der Waals surface area contributed by atoms with Crippen molar-refractivity contribution in [2.24, 2.45) is 11.3 Å². The van der Waals surface area contributed by atoms with Gasteiger partial charge in [-0.3, -0.25) is 9.59 Å². The Morgan fingerprint density at radius 1 is 1.14 bits per heavy atom. The van der Waals surface area contributed by atoms with Gasteiger partial charge >= 0.3 is 0 Å². The first-order chi connectivity index (χ1) is 14.0. The summed E-state index contributed by atoms with van der Waals surface area (Å²) in [6, 6.07) is 12.8. The van der Waals surface area contributed by atoms with Crippen LogP contribution in [0.4, 0.5) is 0 Å². The molecule has 4 nitrogen and oxygen atoms in total. The zero-order valence-corrected chi connectivity index (χ0v) is 18.2. The van der Waals surface area contributed by atoms with Crippen LogP contribution in [0.3, 0.4) is 0 Å². The second-order valence-corrected chi connectivity index (χ2v) is 9.77. The summed E-state index contributed by atoms with van der Waals surface area (Å²) in [6.45, 7) is 1.33. The summed E-state index contributed by atoms with van der Waals surface area (Å²) >= 11 is 1.73. The van der Waals surface area contributed by atoms with Gasteiger partial charge in [0.05, 0.1) is 5.41 Å². The van der Waals surface area contributed by atoms with E-state index >= 15 is 0 Å². The molecule has 2 heterocycles. The first-order valence-electron chi connectivity index (χ1n) is 10.6. The van der Waals surface area contributed by atoms with E-state index in [-0.39, 0.29) is 17.7 Å². The lowest BCUT2D eigenvalue weighted by Gasteiger charge is -2.44. The molecule has 1 aliphatic carbocycles. The second kappa shape index (κ2) is 8.31. The van der Waals surface area contributed by atoms with Crippen molar-refractivity contribution in [3.63, 3.8) is 0 Å². The van der Waals surface area contributed by atoms with Crippen molar-refractivity contribution in [2.75, 3.05) is 27.2 Å². The molecule has 2 amide bonds. The molecule has 1 saturated carbocycles. The number of carbonyl (C=O) groups is 2. The number of hydrogen-bond donors (Lipinski definition) is 0. The first-order valence-corrected chi connectivity index (χ1v) is 11.5. The highest BCUT2D eigenvalue weighted by atomic mass is 32.1. The minimum atomic E-state index is -0.522. The molecular weight excluding hydrogens is 380 g/mol. The highest BCUT2D eigenvalue weighted by Crippen LogP contribution is 2.38. The number of amides is 2. The topological polar surface area (TPSA) is 40.6 Å². The number of likely N-dealkylation sites (tertiary alicyclic amines) is 1. The van der Waals surface area contributed by atoms with Crippen LogP contribution in [0.25, 0.3) is 10.4 Å². The number of hydrogen-bond acceptors (Lipinski definition) is 3. The van der Waals surface area contributed by atoms with Crippen LogP contribution in [0.5, 0.6) is 0 Å². The third kappa shape index (κ3) is 4.11. The SMILES string of the molecule is CN(C)C(=O)C1(Cc2ccc(-c3cccs3)cc2)CCCN(C(=O)C2CCC2)C1. The van der Waals surface area contributed by atoms with Crippen LogP contribution < -0.4 is 0 Å². The normalized spacial score (nSPS) is 22.2. The van der Waals surface area contributed by atoms with Gasteiger partial charge in [-0.2, -0.15) is 0 Å². The molecule has 1 aromatic heterocycles. The largest absolute Gasteiger partial charge is 0.348 e. The van der Waals surface area contributed by atoms with E-state index in [1.165, 1.54) is 16.0 Å². The Balaban J connectivity index is 1.56. The third-order valence-electron chi connectivity index (χ3n) is 6.50. The smallest absolute Gasteiger partial charge is 0.230 e. The monoisotopic (exact) mass is 410 g/mol. The maximum atomic E-state index is 13.3. The molecule has 1 aliphatic heterocycles.